The van der Waals surface area contributed by atoms with Crippen molar-refractivity contribution < 1.29 is 24.9 Å². The van der Waals surface area contributed by atoms with Gasteiger partial charge in [-0.25, -0.2) is 0 Å². The summed E-state index contributed by atoms with van der Waals surface area (Å²) in [5.74, 6) is -0.833. The van der Waals surface area contributed by atoms with Crippen LogP contribution in [-0.4, -0.2) is 47.7 Å². The van der Waals surface area contributed by atoms with Crippen molar-refractivity contribution in [2.24, 2.45) is 0 Å². The molecule has 0 bridgehead atoms. The predicted octanol–water partition coefficient (Wildman–Crippen LogP) is 1.67. The molecule has 0 heterocycles. The summed E-state index contributed by atoms with van der Waals surface area (Å²) in [4.78, 5) is 9.00. The molecule has 0 aromatic carbocycles. The van der Waals surface area contributed by atoms with E-state index in [4.69, 9.17) is 24.9 Å². The van der Waals surface area contributed by atoms with Gasteiger partial charge in [0.05, 0.1) is 13.2 Å². The molecule has 0 saturated carbocycles. The summed E-state index contributed by atoms with van der Waals surface area (Å²) in [5, 5.41) is 22.7. The van der Waals surface area contributed by atoms with Crippen LogP contribution in [0.2, 0.25) is 0 Å². The van der Waals surface area contributed by atoms with Gasteiger partial charge in [0.2, 0.25) is 0 Å². The summed E-state index contributed by atoms with van der Waals surface area (Å²) in [5.41, 5.74) is 0. The van der Waals surface area contributed by atoms with Gasteiger partial charge in [-0.3, -0.25) is 4.79 Å². The van der Waals surface area contributed by atoms with Gasteiger partial charge < -0.3 is 20.1 Å². The fourth-order valence-electron chi connectivity index (χ4n) is 0.595. The van der Waals surface area contributed by atoms with Gasteiger partial charge in [0.15, 0.2) is 0 Å². The van der Waals surface area contributed by atoms with Crippen molar-refractivity contribution in [3.8, 4) is 0 Å². The molecule has 0 atom stereocenters. The zero-order valence-corrected chi connectivity index (χ0v) is 11.3. The van der Waals surface area contributed by atoms with E-state index in [-0.39, 0.29) is 13.2 Å². The highest BCUT2D eigenvalue weighted by Crippen LogP contribution is 1.91. The summed E-state index contributed by atoms with van der Waals surface area (Å²) in [7, 11) is 0. The number of aliphatic hydroxyl groups is 2. The van der Waals surface area contributed by atoms with Gasteiger partial charge in [-0.1, -0.05) is 26.7 Å². The van der Waals surface area contributed by atoms with E-state index in [9.17, 15) is 0 Å². The van der Waals surface area contributed by atoms with Crippen molar-refractivity contribution in [1.82, 2.24) is 0 Å². The Hall–Kier alpha value is -0.650. The number of hydrogen-bond acceptors (Lipinski definition) is 4. The molecule has 5 heteroatoms. The minimum Gasteiger partial charge on any atom is -0.481 e. The first kappa shape index (κ1) is 21.6. The number of rotatable bonds is 7. The van der Waals surface area contributed by atoms with Crippen molar-refractivity contribution in [3.63, 3.8) is 0 Å². The van der Waals surface area contributed by atoms with Gasteiger partial charge in [0, 0.05) is 20.1 Å². The van der Waals surface area contributed by atoms with Crippen molar-refractivity contribution in [2.45, 2.75) is 46.5 Å². The molecule has 0 aromatic rings. The topological polar surface area (TPSA) is 87.0 Å². The highest BCUT2D eigenvalue weighted by atomic mass is 16.5. The van der Waals surface area contributed by atoms with Crippen LogP contribution in [0.3, 0.4) is 0 Å². The van der Waals surface area contributed by atoms with Crippen LogP contribution >= 0.6 is 0 Å². The first-order valence-electron chi connectivity index (χ1n) is 6.05. The maximum Gasteiger partial charge on any atom is 0.300 e. The van der Waals surface area contributed by atoms with E-state index in [1.54, 1.807) is 0 Å². The number of carboxylic acid groups (broad SMARTS) is 1. The minimum atomic E-state index is -0.833. The molecule has 0 aliphatic carbocycles. The van der Waals surface area contributed by atoms with Gasteiger partial charge in [-0.15, -0.1) is 0 Å². The van der Waals surface area contributed by atoms with Gasteiger partial charge in [-0.2, -0.15) is 0 Å². The van der Waals surface area contributed by atoms with Gasteiger partial charge in [0.1, 0.15) is 0 Å². The molecular weight excluding hydrogens is 224 g/mol. The van der Waals surface area contributed by atoms with E-state index in [1.165, 1.54) is 25.7 Å². The van der Waals surface area contributed by atoms with Crippen LogP contribution in [0.15, 0.2) is 0 Å². The molecule has 106 valence electrons. The SMILES string of the molecule is CC(=O)O.CCCCOCCCC.OCCO. The lowest BCUT2D eigenvalue weighted by atomic mass is 10.3. The lowest BCUT2D eigenvalue weighted by Gasteiger charge is -1.99. The molecule has 0 aromatic heterocycles. The van der Waals surface area contributed by atoms with Crippen molar-refractivity contribution in [1.29, 1.82) is 0 Å². The molecule has 0 aliphatic rings. The maximum absolute atomic E-state index is 9.00. The predicted molar refractivity (Wildman–Crippen MR) is 68.1 cm³/mol. The minimum absolute atomic E-state index is 0.125. The van der Waals surface area contributed by atoms with E-state index in [1.807, 2.05) is 0 Å². The molecule has 0 spiro atoms. The quantitative estimate of drug-likeness (QED) is 0.600. The van der Waals surface area contributed by atoms with E-state index in [2.05, 4.69) is 13.8 Å². The Labute approximate surface area is 104 Å². The summed E-state index contributed by atoms with van der Waals surface area (Å²) in [6, 6.07) is 0. The second kappa shape index (κ2) is 24.5. The van der Waals surface area contributed by atoms with Crippen molar-refractivity contribution in [3.05, 3.63) is 0 Å². The molecule has 3 N–H and O–H groups in total. The lowest BCUT2D eigenvalue weighted by Crippen LogP contribution is -1.95. The largest absolute Gasteiger partial charge is 0.481 e. The van der Waals surface area contributed by atoms with Crippen LogP contribution in [-0.2, 0) is 9.53 Å². The first-order chi connectivity index (χ1) is 8.06. The Morgan fingerprint density at radius 1 is 1.00 bits per heavy atom. The smallest absolute Gasteiger partial charge is 0.300 e. The molecule has 0 aliphatic heterocycles. The third kappa shape index (κ3) is 67.8. The Morgan fingerprint density at radius 2 is 1.29 bits per heavy atom. The summed E-state index contributed by atoms with van der Waals surface area (Å²) in [6.07, 6.45) is 4.91. The molecule has 0 fully saturated rings. The molecule has 0 saturated heterocycles. The van der Waals surface area contributed by atoms with Crippen LogP contribution < -0.4 is 0 Å². The summed E-state index contributed by atoms with van der Waals surface area (Å²) in [6.45, 7) is 7.11. The Balaban J connectivity index is -0.000000205. The normalized spacial score (nSPS) is 8.53. The fraction of sp³-hybridized carbons (Fsp3) is 0.917. The number of unbranched alkanes of at least 4 members (excludes halogenated alkanes) is 2. The number of aliphatic carboxylic acids is 1. The number of aliphatic hydroxyl groups excluding tert-OH is 2. The average Bonchev–Trinajstić information content (AvgIpc) is 2.29. The summed E-state index contributed by atoms with van der Waals surface area (Å²) >= 11 is 0. The lowest BCUT2D eigenvalue weighted by molar-refractivity contribution is -0.134. The zero-order chi connectivity index (χ0) is 13.9. The van der Waals surface area contributed by atoms with Gasteiger partial charge >= 0.3 is 0 Å². The van der Waals surface area contributed by atoms with E-state index >= 15 is 0 Å². The first-order valence-corrected chi connectivity index (χ1v) is 6.05. The second-order valence-electron chi connectivity index (χ2n) is 3.29. The van der Waals surface area contributed by atoms with E-state index in [0.717, 1.165) is 20.1 Å². The molecule has 5 nitrogen and oxygen atoms in total. The Kier molecular flexibility index (Phi) is 31.2. The Bertz CT molecular complexity index is 116. The number of ether oxygens (including phenoxy) is 1. The molecule has 0 amide bonds. The van der Waals surface area contributed by atoms with Crippen LogP contribution in [0.5, 0.6) is 0 Å². The number of carboxylic acids is 1. The Morgan fingerprint density at radius 3 is 1.47 bits per heavy atom. The average molecular weight is 252 g/mol. The highest BCUT2D eigenvalue weighted by Gasteiger charge is 1.84. The monoisotopic (exact) mass is 252 g/mol. The third-order valence-corrected chi connectivity index (χ3v) is 1.38. The summed E-state index contributed by atoms with van der Waals surface area (Å²) < 4.78 is 5.31. The van der Waals surface area contributed by atoms with E-state index < -0.39 is 5.97 Å². The second-order valence-corrected chi connectivity index (χ2v) is 3.29. The van der Waals surface area contributed by atoms with Crippen LogP contribution in [0, 0.1) is 0 Å². The number of carbonyl (C=O) groups is 1. The van der Waals surface area contributed by atoms with Gasteiger partial charge in [-0.05, 0) is 12.8 Å². The molecular formula is C12H28O5. The zero-order valence-electron chi connectivity index (χ0n) is 11.3. The van der Waals surface area contributed by atoms with Crippen LogP contribution in [0.4, 0.5) is 0 Å². The third-order valence-electron chi connectivity index (χ3n) is 1.38. The maximum atomic E-state index is 9.00. The highest BCUT2D eigenvalue weighted by molar-refractivity contribution is 5.62. The van der Waals surface area contributed by atoms with Crippen molar-refractivity contribution in [2.75, 3.05) is 26.4 Å². The number of hydrogen-bond donors (Lipinski definition) is 3. The fourth-order valence-corrected chi connectivity index (χ4v) is 0.595. The van der Waals surface area contributed by atoms with Gasteiger partial charge in [0.25, 0.3) is 5.97 Å². The van der Waals surface area contributed by atoms with Crippen LogP contribution in [0.25, 0.3) is 0 Å². The standard InChI is InChI=1S/C8H18O.C2H4O2.C2H6O2/c1-3-5-7-9-8-6-4-2;1-2(3)4;3-1-2-4/h3-8H2,1-2H3;1H3,(H,3,4);3-4H,1-2H2. The van der Waals surface area contributed by atoms with E-state index in [0.29, 0.717) is 0 Å². The molecule has 0 radical (unpaired) electrons. The molecule has 0 rings (SSSR count). The molecule has 0 unspecified atom stereocenters. The molecule has 17 heavy (non-hydrogen) atoms. The van der Waals surface area contributed by atoms with Crippen molar-refractivity contribution >= 4 is 5.97 Å². The van der Waals surface area contributed by atoms with Crippen LogP contribution in [0.1, 0.15) is 46.5 Å².